The first-order valence-corrected chi connectivity index (χ1v) is 28.5. The summed E-state index contributed by atoms with van der Waals surface area (Å²) in [6.07, 6.45) is 8.92. The predicted molar refractivity (Wildman–Crippen MR) is 215 cm³/mol. The van der Waals surface area contributed by atoms with Crippen molar-refractivity contribution in [3.63, 3.8) is 0 Å². The van der Waals surface area contributed by atoms with Gasteiger partial charge in [0.1, 0.15) is 0 Å². The van der Waals surface area contributed by atoms with Gasteiger partial charge in [0.05, 0.1) is 0 Å². The van der Waals surface area contributed by atoms with Crippen molar-refractivity contribution in [2.75, 3.05) is 42.5 Å². The Balaban J connectivity index is 1.98. The van der Waals surface area contributed by atoms with Crippen molar-refractivity contribution in [1.29, 1.82) is 0 Å². The zero-order chi connectivity index (χ0) is 44.0. The monoisotopic (exact) mass is 1110 g/mol. The topological polar surface area (TPSA) is 225 Å². The Kier molecular flexibility index (Phi) is 16.8. The second-order valence-corrected chi connectivity index (χ2v) is 24.3. The van der Waals surface area contributed by atoms with Crippen molar-refractivity contribution in [3.8, 4) is 0 Å². The van der Waals surface area contributed by atoms with Gasteiger partial charge in [-0.25, -0.2) is 0 Å². The van der Waals surface area contributed by atoms with Crippen LogP contribution in [0, 0.1) is 3.57 Å². The van der Waals surface area contributed by atoms with Crippen LogP contribution in [0.25, 0.3) is 0 Å². The summed E-state index contributed by atoms with van der Waals surface area (Å²) in [7, 11) is -11.9. The number of benzene rings is 2. The summed E-state index contributed by atoms with van der Waals surface area (Å²) in [4.78, 5) is 14.8. The molecule has 332 valence electrons. The van der Waals surface area contributed by atoms with Gasteiger partial charge in [-0.1, -0.05) is 0 Å². The van der Waals surface area contributed by atoms with E-state index < -0.39 is 102 Å². The van der Waals surface area contributed by atoms with Crippen LogP contribution in [0.3, 0.4) is 0 Å². The van der Waals surface area contributed by atoms with E-state index in [0.29, 0.717) is 68.8 Å². The van der Waals surface area contributed by atoms with Gasteiger partial charge in [-0.05, 0) is 0 Å². The Hall–Kier alpha value is -2.03. The van der Waals surface area contributed by atoms with Crippen molar-refractivity contribution >= 4 is 47.7 Å². The van der Waals surface area contributed by atoms with Crippen LogP contribution in [0.4, 0.5) is 5.69 Å². The molecule has 20 heteroatoms. The Morgan fingerprint density at radius 3 is 2.14 bits per heavy atom. The number of nitrogens with zero attached hydrogens (tertiary/aromatic N) is 2. The first-order chi connectivity index (χ1) is 27.4. The van der Waals surface area contributed by atoms with Crippen LogP contribution < -0.4 is 48.0 Å². The number of fused-ring (bicyclic) bond motifs is 2. The number of hydrogen-bond acceptors (Lipinski definition) is 10. The minimum atomic E-state index is -4.62. The van der Waals surface area contributed by atoms with Crippen LogP contribution in [0.2, 0.25) is 0 Å². The fourth-order valence-electron chi connectivity index (χ4n) is 7.74. The molecule has 15 nitrogen and oxygen atoms in total. The van der Waals surface area contributed by atoms with Crippen molar-refractivity contribution in [2.24, 2.45) is 0 Å². The average Bonchev–Trinajstić information content (AvgIpc) is 3.37. The van der Waals surface area contributed by atoms with Gasteiger partial charge in [-0.15, -0.1) is 0 Å². The number of carbonyl (C=O) groups is 1. The molecule has 0 aromatic heterocycles. The molecule has 2 unspecified atom stereocenters. The second-order valence-electron chi connectivity index (χ2n) is 15.6. The van der Waals surface area contributed by atoms with Crippen molar-refractivity contribution < 1.29 is 103 Å². The van der Waals surface area contributed by atoms with Gasteiger partial charge in [0.2, 0.25) is 0 Å². The number of methoxy groups -OCH3 is 1. The van der Waals surface area contributed by atoms with Crippen LogP contribution in [0.15, 0.2) is 70.1 Å². The number of alkyl halides is 1. The summed E-state index contributed by atoms with van der Waals surface area (Å²) in [5.74, 6) is -1.39. The molecule has 2 aliphatic rings. The molecule has 2 aromatic carbocycles. The normalized spacial score (nSPS) is 21.0. The summed E-state index contributed by atoms with van der Waals surface area (Å²) >= 11 is -1.38. The van der Waals surface area contributed by atoms with Crippen LogP contribution in [-0.4, -0.2) is 102 Å². The van der Waals surface area contributed by atoms with Gasteiger partial charge in [0.15, 0.2) is 0 Å². The fraction of sp³-hybridized carbons (Fsp3) is 0.538. The van der Waals surface area contributed by atoms with Crippen molar-refractivity contribution in [3.05, 3.63) is 75.0 Å². The molecule has 0 fully saturated rings. The summed E-state index contributed by atoms with van der Waals surface area (Å²) < 4.78 is 118. The number of allylic oxidation sites excluding steroid dienone is 4. The standard InChI is InChI=1S/C39H55I2N2O13S3/c1-37(2,20-24-56-40-5)43-33-18-16-29(59(52,53)54)27-31(33)38(3,19-11-25-57(46,47)48)35(43)13-10-12-34-39(4,21-23-55-6)30-26-28(58(49,50)51)15-17-32(30)41-42(34)22-9-7-8-14-36(44)45/h10,12-13,15-18,26-27H,7-9,11,14,19-25H2,1-6H3,(H,44,45)(H,46,47,48)(H,49,50,51)(H,52,53,54)/q-1/b12-10+,35-13+. The van der Waals surface area contributed by atoms with Crippen LogP contribution in [0.5, 0.6) is 0 Å². The third-order valence-corrected chi connectivity index (χ3v) is 17.5. The molecular formula is C39H55I2N2O13S3-. The number of hydrogen-bond donors (Lipinski definition) is 4. The molecule has 0 saturated carbocycles. The van der Waals surface area contributed by atoms with E-state index in [4.69, 9.17) is 7.80 Å². The van der Waals surface area contributed by atoms with Crippen molar-refractivity contribution in [2.45, 2.75) is 105 Å². The summed E-state index contributed by atoms with van der Waals surface area (Å²) in [6.45, 7) is 9.32. The number of ether oxygens (including phenoxy) is 1. The van der Waals surface area contributed by atoms with Crippen LogP contribution >= 0.6 is 0 Å². The first kappa shape index (κ1) is 49.6. The number of carboxylic acid groups (broad SMARTS) is 1. The molecular weight excluding hydrogens is 1050 g/mol. The molecule has 2 atom stereocenters. The van der Waals surface area contributed by atoms with E-state index in [-0.39, 0.29) is 29.1 Å². The minimum absolute atomic E-state index is 0.0308. The SMILES string of the molecule is COCCC1(C)C(/C=C/C=C2/N(C(C)(C)CCO[I-]C)c3ccc(S(=O)(=O)O)cc3C2(C)CCCS(=O)(=O)O)=[N+](CCCCCC(=O)O)[I-]c2ccc(S(=O)(=O)O)cc21. The Morgan fingerprint density at radius 1 is 0.898 bits per heavy atom. The molecule has 59 heavy (non-hydrogen) atoms. The van der Waals surface area contributed by atoms with E-state index in [9.17, 15) is 48.8 Å². The van der Waals surface area contributed by atoms with Gasteiger partial charge >= 0.3 is 373 Å². The van der Waals surface area contributed by atoms with E-state index in [1.807, 2.05) is 50.9 Å². The zero-order valence-corrected chi connectivity index (χ0v) is 40.8. The van der Waals surface area contributed by atoms with E-state index in [1.54, 1.807) is 19.2 Å². The summed E-state index contributed by atoms with van der Waals surface area (Å²) in [5.41, 5.74) is 1.06. The van der Waals surface area contributed by atoms with E-state index in [1.165, 1.54) is 24.3 Å². The Morgan fingerprint density at radius 2 is 1.54 bits per heavy atom. The Labute approximate surface area is 370 Å². The third-order valence-electron chi connectivity index (χ3n) is 10.9. The van der Waals surface area contributed by atoms with Crippen LogP contribution in [0.1, 0.15) is 90.2 Å². The second kappa shape index (κ2) is 20.0. The number of carboxylic acids is 1. The van der Waals surface area contributed by atoms with Gasteiger partial charge < -0.3 is 0 Å². The number of unbranched alkanes of at least 4 members (excludes halogenated alkanes) is 2. The average molecular weight is 1110 g/mol. The predicted octanol–water partition coefficient (Wildman–Crippen LogP) is -0.535. The molecule has 2 aromatic rings. The quantitative estimate of drug-likeness (QED) is 0.0383. The molecule has 0 saturated heterocycles. The van der Waals surface area contributed by atoms with Gasteiger partial charge in [0.25, 0.3) is 0 Å². The molecule has 0 spiro atoms. The number of rotatable bonds is 22. The van der Waals surface area contributed by atoms with E-state index >= 15 is 0 Å². The third kappa shape index (κ3) is 12.3. The first-order valence-electron chi connectivity index (χ1n) is 18.9. The van der Waals surface area contributed by atoms with Gasteiger partial charge in [0, 0.05) is 0 Å². The molecule has 2 aliphatic heterocycles. The fourth-order valence-corrected chi connectivity index (χ4v) is 13.4. The van der Waals surface area contributed by atoms with Crippen molar-refractivity contribution in [1.82, 2.24) is 0 Å². The van der Waals surface area contributed by atoms with Gasteiger partial charge in [-0.2, -0.15) is 0 Å². The number of anilines is 1. The molecule has 0 bridgehead atoms. The van der Waals surface area contributed by atoms with E-state index in [2.05, 4.69) is 7.69 Å². The number of aliphatic carboxylic acids is 1. The molecule has 4 rings (SSSR count). The molecule has 0 amide bonds. The number of halogens is 2. The molecule has 4 N–H and O–H groups in total. The van der Waals surface area contributed by atoms with E-state index in [0.717, 1.165) is 14.8 Å². The summed E-state index contributed by atoms with van der Waals surface area (Å²) in [5, 5.41) is 9.20. The maximum absolute atomic E-state index is 12.4. The Bertz CT molecular complexity index is 2310. The maximum atomic E-state index is 12.4. The summed E-state index contributed by atoms with van der Waals surface area (Å²) in [6, 6.07) is 9.05. The van der Waals surface area contributed by atoms with Gasteiger partial charge in [-0.3, -0.25) is 0 Å². The van der Waals surface area contributed by atoms with Crippen LogP contribution in [-0.2, 0) is 53.8 Å². The molecule has 2 heterocycles. The zero-order valence-electron chi connectivity index (χ0n) is 34.0. The molecule has 0 radical (unpaired) electrons. The molecule has 0 aliphatic carbocycles.